The summed E-state index contributed by atoms with van der Waals surface area (Å²) in [6.07, 6.45) is 4.34. The van der Waals surface area contributed by atoms with Crippen molar-refractivity contribution in [3.8, 4) is 0 Å². The number of rotatable bonds is 6. The van der Waals surface area contributed by atoms with Crippen LogP contribution < -0.4 is 11.1 Å². The second-order valence-electron chi connectivity index (χ2n) is 6.16. The van der Waals surface area contributed by atoms with Gasteiger partial charge in [-0.2, -0.15) is 5.10 Å². The molecule has 2 aromatic heterocycles. The molecule has 3 rings (SSSR count). The number of likely N-dealkylation sites (tertiary alicyclic amines) is 1. The molecule has 130 valence electrons. The zero-order valence-corrected chi connectivity index (χ0v) is 14.5. The standard InChI is InChI=1S/C15H22N6O2S/c1-10-19-21-8-12(18-15(21)24-10)4-5-17-14(23)11-3-2-6-20(7-11)9-13(16)22/h8,11H,2-7,9H2,1H3,(H2,16,22)(H,17,23)/t11-/m0/s1. The summed E-state index contributed by atoms with van der Waals surface area (Å²) >= 11 is 1.55. The fourth-order valence-electron chi connectivity index (χ4n) is 3.06. The Labute approximate surface area is 144 Å². The molecule has 1 aliphatic heterocycles. The van der Waals surface area contributed by atoms with Gasteiger partial charge in [-0.1, -0.05) is 11.3 Å². The summed E-state index contributed by atoms with van der Waals surface area (Å²) in [5.74, 6) is -0.383. The topological polar surface area (TPSA) is 106 Å². The molecule has 0 spiro atoms. The highest BCUT2D eigenvalue weighted by atomic mass is 32.1. The van der Waals surface area contributed by atoms with Gasteiger partial charge in [0.15, 0.2) is 0 Å². The number of aromatic nitrogens is 3. The van der Waals surface area contributed by atoms with E-state index in [0.717, 1.165) is 35.0 Å². The van der Waals surface area contributed by atoms with E-state index in [1.807, 2.05) is 18.0 Å². The quantitative estimate of drug-likeness (QED) is 0.760. The van der Waals surface area contributed by atoms with E-state index in [1.165, 1.54) is 0 Å². The Morgan fingerprint density at radius 3 is 3.08 bits per heavy atom. The molecule has 3 heterocycles. The first-order valence-corrected chi connectivity index (χ1v) is 8.93. The van der Waals surface area contributed by atoms with Gasteiger partial charge in [0.1, 0.15) is 5.01 Å². The molecule has 1 aliphatic rings. The molecule has 1 atom stereocenters. The predicted octanol–water partition coefficient (Wildman–Crippen LogP) is -0.0448. The van der Waals surface area contributed by atoms with Crippen LogP contribution in [0.3, 0.4) is 0 Å². The molecule has 2 aromatic rings. The highest BCUT2D eigenvalue weighted by Crippen LogP contribution is 2.16. The molecule has 24 heavy (non-hydrogen) atoms. The molecule has 1 fully saturated rings. The number of primary amides is 1. The smallest absolute Gasteiger partial charge is 0.231 e. The second-order valence-corrected chi connectivity index (χ2v) is 7.32. The summed E-state index contributed by atoms with van der Waals surface area (Å²) in [4.78, 5) is 30.6. The van der Waals surface area contributed by atoms with Gasteiger partial charge in [-0.3, -0.25) is 14.5 Å². The molecule has 1 saturated heterocycles. The molecule has 3 N–H and O–H groups in total. The van der Waals surface area contributed by atoms with Crippen molar-refractivity contribution in [1.82, 2.24) is 24.8 Å². The van der Waals surface area contributed by atoms with E-state index in [-0.39, 0.29) is 24.3 Å². The van der Waals surface area contributed by atoms with Crippen LogP contribution >= 0.6 is 11.3 Å². The van der Waals surface area contributed by atoms with Gasteiger partial charge in [0, 0.05) is 19.5 Å². The van der Waals surface area contributed by atoms with Crippen LogP contribution in [-0.4, -0.2) is 57.5 Å². The third-order valence-electron chi connectivity index (χ3n) is 4.13. The van der Waals surface area contributed by atoms with Gasteiger partial charge >= 0.3 is 0 Å². The van der Waals surface area contributed by atoms with Gasteiger partial charge in [-0.05, 0) is 26.3 Å². The Balaban J connectivity index is 1.46. The number of nitrogens with zero attached hydrogens (tertiary/aromatic N) is 4. The van der Waals surface area contributed by atoms with Crippen molar-refractivity contribution in [2.45, 2.75) is 26.2 Å². The molecular formula is C15H22N6O2S. The highest BCUT2D eigenvalue weighted by Gasteiger charge is 2.26. The fraction of sp³-hybridized carbons (Fsp3) is 0.600. The van der Waals surface area contributed by atoms with Crippen LogP contribution in [0, 0.1) is 12.8 Å². The lowest BCUT2D eigenvalue weighted by atomic mass is 9.97. The number of fused-ring (bicyclic) bond motifs is 1. The largest absolute Gasteiger partial charge is 0.369 e. The lowest BCUT2D eigenvalue weighted by Gasteiger charge is -2.30. The number of aryl methyl sites for hydroxylation is 1. The molecule has 9 heteroatoms. The van der Waals surface area contributed by atoms with Crippen molar-refractivity contribution in [2.75, 3.05) is 26.2 Å². The maximum Gasteiger partial charge on any atom is 0.231 e. The van der Waals surface area contributed by atoms with Crippen LogP contribution in [0.15, 0.2) is 6.20 Å². The molecule has 0 radical (unpaired) electrons. The van der Waals surface area contributed by atoms with Crippen molar-refractivity contribution in [3.63, 3.8) is 0 Å². The number of amides is 2. The molecule has 0 saturated carbocycles. The van der Waals surface area contributed by atoms with Crippen molar-refractivity contribution in [1.29, 1.82) is 0 Å². The lowest BCUT2D eigenvalue weighted by molar-refractivity contribution is -0.128. The SMILES string of the molecule is Cc1nn2cc(CCNC(=O)[C@H]3CCCN(CC(N)=O)C3)nc2s1. The predicted molar refractivity (Wildman–Crippen MR) is 90.7 cm³/mol. The van der Waals surface area contributed by atoms with E-state index < -0.39 is 0 Å². The van der Waals surface area contributed by atoms with Crippen molar-refractivity contribution in [2.24, 2.45) is 11.7 Å². The van der Waals surface area contributed by atoms with Gasteiger partial charge < -0.3 is 11.1 Å². The summed E-state index contributed by atoms with van der Waals surface area (Å²) in [5, 5.41) is 8.28. The molecular weight excluding hydrogens is 328 g/mol. The zero-order valence-electron chi connectivity index (χ0n) is 13.7. The fourth-order valence-corrected chi connectivity index (χ4v) is 3.80. The number of hydrogen-bond donors (Lipinski definition) is 2. The number of nitrogens with two attached hydrogens (primary N) is 1. The van der Waals surface area contributed by atoms with Gasteiger partial charge in [-0.15, -0.1) is 0 Å². The Morgan fingerprint density at radius 2 is 2.33 bits per heavy atom. The van der Waals surface area contributed by atoms with E-state index in [9.17, 15) is 9.59 Å². The minimum atomic E-state index is -0.348. The zero-order chi connectivity index (χ0) is 17.1. The normalized spacial score (nSPS) is 18.8. The minimum absolute atomic E-state index is 0.0409. The second kappa shape index (κ2) is 7.27. The lowest BCUT2D eigenvalue weighted by Crippen LogP contribution is -2.46. The maximum absolute atomic E-state index is 12.3. The number of nitrogens with one attached hydrogen (secondary N) is 1. The maximum atomic E-state index is 12.3. The van der Waals surface area contributed by atoms with Crippen LogP contribution in [0.4, 0.5) is 0 Å². The van der Waals surface area contributed by atoms with Crippen LogP contribution in [-0.2, 0) is 16.0 Å². The average molecular weight is 350 g/mol. The first kappa shape index (κ1) is 16.8. The summed E-state index contributed by atoms with van der Waals surface area (Å²) in [6, 6.07) is 0. The average Bonchev–Trinajstić information content (AvgIpc) is 3.03. The van der Waals surface area contributed by atoms with E-state index in [1.54, 1.807) is 15.9 Å². The van der Waals surface area contributed by atoms with Crippen LogP contribution in [0.2, 0.25) is 0 Å². The Bertz CT molecular complexity index is 708. The summed E-state index contributed by atoms with van der Waals surface area (Å²) in [5.41, 5.74) is 6.15. The third-order valence-corrected chi connectivity index (χ3v) is 4.97. The van der Waals surface area contributed by atoms with E-state index in [0.29, 0.717) is 19.5 Å². The first-order valence-electron chi connectivity index (χ1n) is 8.11. The molecule has 0 aliphatic carbocycles. The number of piperidine rings is 1. The monoisotopic (exact) mass is 350 g/mol. The van der Waals surface area contributed by atoms with Crippen LogP contribution in [0.25, 0.3) is 4.96 Å². The highest BCUT2D eigenvalue weighted by molar-refractivity contribution is 7.16. The Hall–Kier alpha value is -2.00. The summed E-state index contributed by atoms with van der Waals surface area (Å²) in [6.45, 7) is 4.14. The Kier molecular flexibility index (Phi) is 5.10. The van der Waals surface area contributed by atoms with Crippen molar-refractivity contribution >= 4 is 28.1 Å². The first-order chi connectivity index (χ1) is 11.5. The molecule has 0 unspecified atom stereocenters. The molecule has 0 bridgehead atoms. The Morgan fingerprint density at radius 1 is 1.50 bits per heavy atom. The van der Waals surface area contributed by atoms with Gasteiger partial charge in [0.25, 0.3) is 0 Å². The van der Waals surface area contributed by atoms with Crippen LogP contribution in [0.5, 0.6) is 0 Å². The van der Waals surface area contributed by atoms with E-state index in [4.69, 9.17) is 5.73 Å². The number of imidazole rings is 1. The molecule has 2 amide bonds. The summed E-state index contributed by atoms with van der Waals surface area (Å²) < 4.78 is 1.78. The number of carbonyl (C=O) groups is 2. The molecule has 0 aromatic carbocycles. The van der Waals surface area contributed by atoms with E-state index >= 15 is 0 Å². The third kappa shape index (κ3) is 4.09. The number of hydrogen-bond acceptors (Lipinski definition) is 6. The van der Waals surface area contributed by atoms with Gasteiger partial charge in [0.05, 0.1) is 24.4 Å². The van der Waals surface area contributed by atoms with Crippen LogP contribution in [0.1, 0.15) is 23.5 Å². The van der Waals surface area contributed by atoms with Gasteiger partial charge in [-0.25, -0.2) is 9.50 Å². The van der Waals surface area contributed by atoms with Gasteiger partial charge in [0.2, 0.25) is 16.8 Å². The summed E-state index contributed by atoms with van der Waals surface area (Å²) in [7, 11) is 0. The van der Waals surface area contributed by atoms with Crippen molar-refractivity contribution < 1.29 is 9.59 Å². The van der Waals surface area contributed by atoms with E-state index in [2.05, 4.69) is 15.4 Å². The number of carbonyl (C=O) groups excluding carboxylic acids is 2. The minimum Gasteiger partial charge on any atom is -0.369 e. The molecule has 8 nitrogen and oxygen atoms in total. The van der Waals surface area contributed by atoms with Crippen molar-refractivity contribution in [3.05, 3.63) is 16.9 Å².